The topological polar surface area (TPSA) is 124 Å². The number of benzene rings is 1. The number of nitrogens with zero attached hydrogens (tertiary/aromatic N) is 3. The van der Waals surface area contributed by atoms with Gasteiger partial charge in [0.2, 0.25) is 11.7 Å². The number of rotatable bonds is 11. The number of hydrazone groups is 1. The van der Waals surface area contributed by atoms with E-state index in [1.165, 1.54) is 5.01 Å². The van der Waals surface area contributed by atoms with E-state index in [0.29, 0.717) is 37.3 Å². The van der Waals surface area contributed by atoms with Gasteiger partial charge in [0.15, 0.2) is 0 Å². The van der Waals surface area contributed by atoms with E-state index < -0.39 is 24.2 Å². The molecule has 10 nitrogen and oxygen atoms in total. The van der Waals surface area contributed by atoms with Crippen molar-refractivity contribution < 1.29 is 24.2 Å². The summed E-state index contributed by atoms with van der Waals surface area (Å²) in [5, 5.41) is 21.8. The van der Waals surface area contributed by atoms with E-state index in [0.717, 1.165) is 31.4 Å². The molecule has 4 rings (SSSR count). The van der Waals surface area contributed by atoms with Crippen molar-refractivity contribution in [2.24, 2.45) is 22.9 Å². The lowest BCUT2D eigenvalue weighted by atomic mass is 9.83. The molecule has 0 saturated heterocycles. The highest BCUT2D eigenvalue weighted by atomic mass is 16.7. The quantitative estimate of drug-likeness (QED) is 0.404. The number of hydrogen-bond donors (Lipinski definition) is 3. The molecule has 3 aliphatic rings. The Balaban J connectivity index is 1.42. The fraction of sp³-hybridized carbons (Fsp3) is 0.643. The second-order valence-electron chi connectivity index (χ2n) is 11.4. The smallest absolute Gasteiger partial charge is 0.298 e. The number of aliphatic hydroxyl groups is 1. The second-order valence-corrected chi connectivity index (χ2v) is 11.4. The minimum absolute atomic E-state index is 0.130. The number of carbonyl (C=O) groups is 3. The van der Waals surface area contributed by atoms with Crippen molar-refractivity contribution in [2.45, 2.75) is 77.3 Å². The maximum absolute atomic E-state index is 13.5. The molecule has 1 aromatic rings. The van der Waals surface area contributed by atoms with Gasteiger partial charge >= 0.3 is 0 Å². The summed E-state index contributed by atoms with van der Waals surface area (Å²) in [7, 11) is 3.88. The van der Waals surface area contributed by atoms with Crippen LogP contribution in [0, 0.1) is 17.8 Å². The first-order valence-electron chi connectivity index (χ1n) is 13.7. The third-order valence-electron chi connectivity index (χ3n) is 7.45. The lowest BCUT2D eigenvalue weighted by molar-refractivity contribution is -0.133. The third kappa shape index (κ3) is 7.03. The lowest BCUT2D eigenvalue weighted by Gasteiger charge is -2.32. The summed E-state index contributed by atoms with van der Waals surface area (Å²) in [6.45, 7) is 4.49. The Labute approximate surface area is 224 Å². The fourth-order valence-corrected chi connectivity index (χ4v) is 5.06. The maximum atomic E-state index is 13.5. The highest BCUT2D eigenvalue weighted by Gasteiger charge is 2.39. The Morgan fingerprint density at radius 2 is 1.79 bits per heavy atom. The molecule has 0 bridgehead atoms. The van der Waals surface area contributed by atoms with E-state index in [1.807, 2.05) is 45.0 Å². The van der Waals surface area contributed by atoms with Gasteiger partial charge in [0.1, 0.15) is 0 Å². The minimum atomic E-state index is -1.28. The molecule has 208 valence electrons. The van der Waals surface area contributed by atoms with Crippen molar-refractivity contribution in [3.8, 4) is 0 Å². The third-order valence-corrected chi connectivity index (χ3v) is 7.45. The van der Waals surface area contributed by atoms with Crippen LogP contribution in [0.3, 0.4) is 0 Å². The first-order valence-corrected chi connectivity index (χ1v) is 13.7. The number of nitrogens with one attached hydrogen (secondary N) is 2. The second kappa shape index (κ2) is 12.1. The molecule has 2 unspecified atom stereocenters. The molecule has 38 heavy (non-hydrogen) atoms. The first kappa shape index (κ1) is 27.9. The highest BCUT2D eigenvalue weighted by Crippen LogP contribution is 2.31. The minimum Gasteiger partial charge on any atom is -0.424 e. The van der Waals surface area contributed by atoms with Gasteiger partial charge in [0.25, 0.3) is 18.2 Å². The molecule has 0 spiro atoms. The first-order chi connectivity index (χ1) is 18.1. The van der Waals surface area contributed by atoms with Gasteiger partial charge in [-0.1, -0.05) is 26.7 Å². The van der Waals surface area contributed by atoms with Crippen molar-refractivity contribution in [1.82, 2.24) is 15.6 Å². The van der Waals surface area contributed by atoms with Crippen molar-refractivity contribution in [1.29, 1.82) is 0 Å². The fourth-order valence-electron chi connectivity index (χ4n) is 5.06. The summed E-state index contributed by atoms with van der Waals surface area (Å²) in [4.78, 5) is 41.8. The van der Waals surface area contributed by atoms with Crippen LogP contribution in [0.25, 0.3) is 0 Å². The van der Waals surface area contributed by atoms with E-state index in [1.54, 1.807) is 12.1 Å². The van der Waals surface area contributed by atoms with Gasteiger partial charge < -0.3 is 25.4 Å². The summed E-state index contributed by atoms with van der Waals surface area (Å²) in [6, 6.07) is 6.19. The normalized spacial score (nSPS) is 23.9. The van der Waals surface area contributed by atoms with Crippen molar-refractivity contribution in [3.63, 3.8) is 0 Å². The highest BCUT2D eigenvalue weighted by molar-refractivity contribution is 6.38. The van der Waals surface area contributed by atoms with Gasteiger partial charge in [-0.15, -0.1) is 5.10 Å². The average Bonchev–Trinajstić information content (AvgIpc) is 3.63. The number of Topliss-reactive ketones (excluding diaryl/α,β-unsaturated/α-hetero) is 1. The number of hydrogen-bond acceptors (Lipinski definition) is 8. The van der Waals surface area contributed by atoms with Gasteiger partial charge in [-0.2, -0.15) is 0 Å². The molecule has 1 aromatic carbocycles. The van der Waals surface area contributed by atoms with Crippen LogP contribution in [-0.2, 0) is 14.3 Å². The van der Waals surface area contributed by atoms with Gasteiger partial charge in [0.05, 0.1) is 12.0 Å². The van der Waals surface area contributed by atoms with Crippen molar-refractivity contribution >= 4 is 29.2 Å². The molecule has 2 aliphatic carbocycles. The summed E-state index contributed by atoms with van der Waals surface area (Å²) in [5.41, 5.74) is 1.54. The predicted molar refractivity (Wildman–Crippen MR) is 144 cm³/mol. The van der Waals surface area contributed by atoms with Crippen LogP contribution in [0.4, 0.5) is 5.69 Å². The molecule has 0 radical (unpaired) electrons. The molecule has 3 N–H and O–H groups in total. The molecule has 4 atom stereocenters. The molecular weight excluding hydrogens is 486 g/mol. The zero-order valence-corrected chi connectivity index (χ0v) is 22.9. The number of anilines is 1. The molecule has 1 heterocycles. The number of amides is 2. The van der Waals surface area contributed by atoms with E-state index >= 15 is 0 Å². The molecule has 0 aromatic heterocycles. The predicted octanol–water partition coefficient (Wildman–Crippen LogP) is 2.47. The van der Waals surface area contributed by atoms with Crippen LogP contribution < -0.4 is 15.5 Å². The van der Waals surface area contributed by atoms with Crippen molar-refractivity contribution in [2.75, 3.05) is 25.5 Å². The van der Waals surface area contributed by atoms with E-state index in [9.17, 15) is 19.5 Å². The van der Waals surface area contributed by atoms with Gasteiger partial charge in [-0.05, 0) is 68.2 Å². The molecule has 10 heteroatoms. The number of ketones is 1. The maximum Gasteiger partial charge on any atom is 0.298 e. The SMILES string of the molecule is CC(C)CC(NC(=O)[C@@H]1CCCC[C@@H]1NC(=O)c1ccc(N(C)C)cc1)C(=O)C1=NN(CC2CC2)C(O)O1. The largest absolute Gasteiger partial charge is 0.424 e. The molecule has 1 aliphatic heterocycles. The van der Waals surface area contributed by atoms with Crippen LogP contribution in [0.1, 0.15) is 69.2 Å². The summed E-state index contributed by atoms with van der Waals surface area (Å²) in [5.74, 6) is -0.938. The monoisotopic (exact) mass is 527 g/mol. The summed E-state index contributed by atoms with van der Waals surface area (Å²) < 4.78 is 5.37. The Bertz CT molecular complexity index is 1040. The van der Waals surface area contributed by atoms with E-state index in [2.05, 4.69) is 15.7 Å². The molecule has 2 saturated carbocycles. The van der Waals surface area contributed by atoms with Crippen LogP contribution in [-0.4, -0.2) is 72.7 Å². The summed E-state index contributed by atoms with van der Waals surface area (Å²) in [6.07, 6.45) is 4.40. The molecule has 2 amide bonds. The van der Waals surface area contributed by atoms with Gasteiger partial charge in [0, 0.05) is 37.9 Å². The summed E-state index contributed by atoms with van der Waals surface area (Å²) >= 11 is 0. The van der Waals surface area contributed by atoms with E-state index in [4.69, 9.17) is 4.74 Å². The Kier molecular flexibility index (Phi) is 8.91. The Hall–Kier alpha value is -3.14. The zero-order chi connectivity index (χ0) is 27.4. The number of ether oxygens (including phenoxy) is 1. The Morgan fingerprint density at radius 1 is 1.11 bits per heavy atom. The molecular formula is C28H41N5O5. The van der Waals surface area contributed by atoms with Crippen LogP contribution in [0.2, 0.25) is 0 Å². The van der Waals surface area contributed by atoms with Crippen molar-refractivity contribution in [3.05, 3.63) is 29.8 Å². The lowest BCUT2D eigenvalue weighted by Crippen LogP contribution is -2.53. The molecule has 2 fully saturated rings. The standard InChI is InChI=1S/C28H41N5O5/c1-17(2)15-23(24(34)27-31-33(28(37)38-27)16-18-9-10-18)30-26(36)21-7-5-6-8-22(21)29-25(35)19-11-13-20(14-12-19)32(3)4/h11-14,17-18,21-23,28,37H,5-10,15-16H2,1-4H3,(H,29,35)(H,30,36)/t21-,22+,23?,28?/m1/s1. The van der Waals surface area contributed by atoms with E-state index in [-0.39, 0.29) is 29.7 Å². The number of aliphatic hydroxyl groups excluding tert-OH is 1. The zero-order valence-electron chi connectivity index (χ0n) is 22.9. The van der Waals surface area contributed by atoms with Crippen LogP contribution >= 0.6 is 0 Å². The van der Waals surface area contributed by atoms with Crippen LogP contribution in [0.15, 0.2) is 29.4 Å². The average molecular weight is 528 g/mol. The van der Waals surface area contributed by atoms with Crippen LogP contribution in [0.5, 0.6) is 0 Å². The van der Waals surface area contributed by atoms with Gasteiger partial charge in [-0.25, -0.2) is 5.01 Å². The van der Waals surface area contributed by atoms with Gasteiger partial charge in [-0.3, -0.25) is 14.4 Å². The Morgan fingerprint density at radius 3 is 2.42 bits per heavy atom. The number of carbonyl (C=O) groups excluding carboxylic acids is 3.